The van der Waals surface area contributed by atoms with Gasteiger partial charge in [0, 0.05) is 40.5 Å². The summed E-state index contributed by atoms with van der Waals surface area (Å²) in [4.78, 5) is 32.7. The summed E-state index contributed by atoms with van der Waals surface area (Å²) < 4.78 is 28.1. The van der Waals surface area contributed by atoms with Crippen LogP contribution in [0.15, 0.2) is 85.2 Å². The largest absolute Gasteiger partial charge is 0.508 e. The summed E-state index contributed by atoms with van der Waals surface area (Å²) in [5.74, 6) is -2.34. The number of nitrogens with two attached hydrogens (primary N) is 1. The quantitative estimate of drug-likeness (QED) is 0.228. The van der Waals surface area contributed by atoms with Gasteiger partial charge < -0.3 is 21.1 Å². The third kappa shape index (κ3) is 5.77. The molecule has 5 aromatic rings. The van der Waals surface area contributed by atoms with Crippen LogP contribution in [0.5, 0.6) is 5.75 Å². The Hall–Kier alpha value is -5.05. The van der Waals surface area contributed by atoms with Gasteiger partial charge in [0.2, 0.25) is 11.8 Å². The number of nitrogens with one attached hydrogen (secondary N) is 2. The molecule has 2 amide bonds. The maximum atomic E-state index is 14.0. The number of pyridine rings is 1. The number of aromatic nitrogens is 2. The minimum atomic E-state index is -0.772. The number of primary amides is 1. The average molecular weight is 527 g/mol. The van der Waals surface area contributed by atoms with Gasteiger partial charge in [-0.15, -0.1) is 0 Å². The number of amides is 2. The number of H-pyrrole nitrogens is 1. The zero-order chi connectivity index (χ0) is 27.5. The number of hydrogen-bond donors (Lipinski definition) is 4. The monoisotopic (exact) mass is 526 g/mol. The van der Waals surface area contributed by atoms with Crippen molar-refractivity contribution in [1.29, 1.82) is 0 Å². The summed E-state index contributed by atoms with van der Waals surface area (Å²) in [6, 6.07) is 17.5. The van der Waals surface area contributed by atoms with Crippen molar-refractivity contribution in [1.82, 2.24) is 15.3 Å². The van der Waals surface area contributed by atoms with Crippen molar-refractivity contribution in [3.05, 3.63) is 119 Å². The fraction of sp³-hybridized carbons (Fsp3) is 0.100. The topological polar surface area (TPSA) is 121 Å². The highest BCUT2D eigenvalue weighted by molar-refractivity contribution is 5.94. The number of carbonyl (C=O) groups excluding carboxylic acids is 2. The second kappa shape index (κ2) is 10.7. The van der Waals surface area contributed by atoms with E-state index in [1.54, 1.807) is 67.0 Å². The molecule has 0 aliphatic heterocycles. The molecule has 0 bridgehead atoms. The summed E-state index contributed by atoms with van der Waals surface area (Å²) in [6.45, 7) is 0. The molecule has 39 heavy (non-hydrogen) atoms. The fourth-order valence-electron chi connectivity index (χ4n) is 4.69. The molecule has 0 radical (unpaired) electrons. The Morgan fingerprint density at radius 2 is 1.79 bits per heavy atom. The number of hydrogen-bond acceptors (Lipinski definition) is 4. The molecule has 0 saturated heterocycles. The van der Waals surface area contributed by atoms with Gasteiger partial charge >= 0.3 is 0 Å². The first-order chi connectivity index (χ1) is 18.8. The number of halogens is 2. The minimum Gasteiger partial charge on any atom is -0.508 e. The fourth-order valence-corrected chi connectivity index (χ4v) is 4.69. The molecule has 1 atom stereocenters. The van der Waals surface area contributed by atoms with Gasteiger partial charge in [0.1, 0.15) is 17.4 Å². The zero-order valence-electron chi connectivity index (χ0n) is 20.6. The molecule has 0 spiro atoms. The summed E-state index contributed by atoms with van der Waals surface area (Å²) in [5.41, 5.74) is 9.26. The van der Waals surface area contributed by atoms with Crippen molar-refractivity contribution in [2.45, 2.75) is 18.9 Å². The molecule has 5 N–H and O–H groups in total. The molecule has 0 fully saturated rings. The second-order valence-corrected chi connectivity index (χ2v) is 9.20. The van der Waals surface area contributed by atoms with Crippen LogP contribution in [0.3, 0.4) is 0 Å². The molecule has 196 valence electrons. The lowest BCUT2D eigenvalue weighted by molar-refractivity contribution is -0.121. The number of aromatic hydroxyl groups is 1. The molecule has 3 aromatic carbocycles. The van der Waals surface area contributed by atoms with E-state index in [-0.39, 0.29) is 24.5 Å². The van der Waals surface area contributed by atoms with Crippen LogP contribution < -0.4 is 11.1 Å². The maximum Gasteiger partial charge on any atom is 0.248 e. The lowest BCUT2D eigenvalue weighted by Crippen LogP contribution is -2.32. The Labute approximate surface area is 222 Å². The van der Waals surface area contributed by atoms with Crippen LogP contribution in [0.25, 0.3) is 22.0 Å². The van der Waals surface area contributed by atoms with Crippen LogP contribution >= 0.6 is 0 Å². The lowest BCUT2D eigenvalue weighted by Gasteiger charge is -2.22. The summed E-state index contributed by atoms with van der Waals surface area (Å²) in [7, 11) is 0. The van der Waals surface area contributed by atoms with Gasteiger partial charge in [-0.3, -0.25) is 14.6 Å². The molecule has 2 aromatic heterocycles. The van der Waals surface area contributed by atoms with Crippen molar-refractivity contribution in [3.8, 4) is 16.9 Å². The van der Waals surface area contributed by atoms with E-state index in [0.717, 1.165) is 11.6 Å². The first-order valence-electron chi connectivity index (χ1n) is 12.2. The van der Waals surface area contributed by atoms with E-state index >= 15 is 0 Å². The first-order valence-corrected chi connectivity index (χ1v) is 12.2. The zero-order valence-corrected chi connectivity index (χ0v) is 20.6. The second-order valence-electron chi connectivity index (χ2n) is 9.20. The number of aromatic amines is 1. The van der Waals surface area contributed by atoms with E-state index in [1.165, 1.54) is 12.1 Å². The first kappa shape index (κ1) is 25.6. The van der Waals surface area contributed by atoms with Crippen LogP contribution in [0.1, 0.15) is 33.2 Å². The van der Waals surface area contributed by atoms with Crippen molar-refractivity contribution >= 4 is 22.7 Å². The van der Waals surface area contributed by atoms with Crippen LogP contribution in [-0.2, 0) is 17.6 Å². The SMILES string of the molecule is NC(=O)c1cccc(-c2cccnc2[C@H](Cc2cc(F)cc(F)c2)NC(=O)Cc2c[nH]c3ccc(O)cc23)c1. The number of fused-ring (bicyclic) bond motifs is 1. The van der Waals surface area contributed by atoms with Crippen LogP contribution in [0.4, 0.5) is 8.78 Å². The van der Waals surface area contributed by atoms with E-state index in [1.807, 2.05) is 0 Å². The Balaban J connectivity index is 1.52. The van der Waals surface area contributed by atoms with Gasteiger partial charge in [0.25, 0.3) is 0 Å². The third-order valence-corrected chi connectivity index (χ3v) is 6.43. The molecule has 9 heteroatoms. The molecule has 7 nitrogen and oxygen atoms in total. The smallest absolute Gasteiger partial charge is 0.248 e. The van der Waals surface area contributed by atoms with Gasteiger partial charge in [-0.1, -0.05) is 18.2 Å². The van der Waals surface area contributed by atoms with Crippen LogP contribution in [0.2, 0.25) is 0 Å². The van der Waals surface area contributed by atoms with Crippen molar-refractivity contribution in [2.24, 2.45) is 5.73 Å². The number of rotatable bonds is 8. The van der Waals surface area contributed by atoms with Gasteiger partial charge in [0.05, 0.1) is 18.2 Å². The molecular formula is C30H24F2N4O3. The highest BCUT2D eigenvalue weighted by Crippen LogP contribution is 2.30. The van der Waals surface area contributed by atoms with E-state index in [2.05, 4.69) is 15.3 Å². The summed E-state index contributed by atoms with van der Waals surface area (Å²) >= 11 is 0. The summed E-state index contributed by atoms with van der Waals surface area (Å²) in [6.07, 6.45) is 3.29. The molecule has 0 aliphatic rings. The van der Waals surface area contributed by atoms with E-state index in [4.69, 9.17) is 5.73 Å². The Bertz CT molecular complexity index is 1680. The Morgan fingerprint density at radius 3 is 2.56 bits per heavy atom. The molecule has 0 aliphatic carbocycles. The van der Waals surface area contributed by atoms with E-state index in [0.29, 0.717) is 38.9 Å². The third-order valence-electron chi connectivity index (χ3n) is 6.43. The Kier molecular flexibility index (Phi) is 7.05. The minimum absolute atomic E-state index is 0.0171. The molecule has 0 saturated carbocycles. The van der Waals surface area contributed by atoms with Crippen molar-refractivity contribution in [3.63, 3.8) is 0 Å². The number of phenols is 1. The van der Waals surface area contributed by atoms with Gasteiger partial charge in [-0.25, -0.2) is 8.78 Å². The highest BCUT2D eigenvalue weighted by Gasteiger charge is 2.22. The Morgan fingerprint density at radius 1 is 1.00 bits per heavy atom. The number of benzene rings is 3. The predicted octanol–water partition coefficient (Wildman–Crippen LogP) is 4.96. The number of phenolic OH excluding ortho intramolecular Hbond substituents is 1. The summed E-state index contributed by atoms with van der Waals surface area (Å²) in [5, 5.41) is 13.6. The normalized spacial score (nSPS) is 11.8. The number of nitrogens with zero attached hydrogens (tertiary/aromatic N) is 1. The van der Waals surface area contributed by atoms with Gasteiger partial charge in [-0.05, 0) is 71.6 Å². The number of carbonyl (C=O) groups is 2. The van der Waals surface area contributed by atoms with Crippen LogP contribution in [-0.4, -0.2) is 26.9 Å². The molecular weight excluding hydrogens is 502 g/mol. The lowest BCUT2D eigenvalue weighted by atomic mass is 9.94. The highest BCUT2D eigenvalue weighted by atomic mass is 19.1. The van der Waals surface area contributed by atoms with Crippen molar-refractivity contribution < 1.29 is 23.5 Å². The maximum absolute atomic E-state index is 14.0. The van der Waals surface area contributed by atoms with Crippen molar-refractivity contribution in [2.75, 3.05) is 0 Å². The van der Waals surface area contributed by atoms with E-state index < -0.39 is 23.6 Å². The van der Waals surface area contributed by atoms with Crippen LogP contribution in [0, 0.1) is 11.6 Å². The molecule has 5 rings (SSSR count). The average Bonchev–Trinajstić information content (AvgIpc) is 3.29. The van der Waals surface area contributed by atoms with Gasteiger partial charge in [-0.2, -0.15) is 0 Å². The van der Waals surface area contributed by atoms with Gasteiger partial charge in [0.15, 0.2) is 0 Å². The molecule has 2 heterocycles. The molecule has 0 unspecified atom stereocenters. The standard InChI is InChI=1S/C30H24F2N4O3/c31-21-9-17(10-22(32)14-21)11-27(36-28(38)13-20-16-35-26-7-6-23(37)15-25(20)26)29-24(5-2-8-34-29)18-3-1-4-19(12-18)30(33)39/h1-10,12,14-16,27,35,37H,11,13H2,(H2,33,39)(H,36,38)/t27-/m0/s1. The van der Waals surface area contributed by atoms with E-state index in [9.17, 15) is 23.5 Å². The predicted molar refractivity (Wildman–Crippen MR) is 143 cm³/mol.